The molecule has 12 heteroatoms. The number of alkyl carbamates (subject to hydrolysis) is 1. The minimum atomic E-state index is -1.26. The molecule has 2 aromatic heterocycles. The second-order valence-corrected chi connectivity index (χ2v) is 8.17. The molecule has 0 aliphatic carbocycles. The highest BCUT2D eigenvalue weighted by atomic mass is 127. The van der Waals surface area contributed by atoms with Crippen molar-refractivity contribution in [3.8, 4) is 0 Å². The van der Waals surface area contributed by atoms with Gasteiger partial charge in [-0.3, -0.25) is 4.57 Å². The van der Waals surface area contributed by atoms with Crippen molar-refractivity contribution in [3.05, 3.63) is 46.1 Å². The zero-order valence-electron chi connectivity index (χ0n) is 16.5. The van der Waals surface area contributed by atoms with Gasteiger partial charge in [-0.1, -0.05) is 12.1 Å². The predicted molar refractivity (Wildman–Crippen MR) is 118 cm³/mol. The summed E-state index contributed by atoms with van der Waals surface area (Å²) in [6.45, 7) is 0.342. The van der Waals surface area contributed by atoms with Crippen LogP contribution in [0.2, 0.25) is 0 Å². The molecule has 3 aromatic rings. The highest BCUT2D eigenvalue weighted by molar-refractivity contribution is 14.1. The molecule has 31 heavy (non-hydrogen) atoms. The molecule has 4 N–H and O–H groups in total. The number of benzene rings is 1. The molecule has 1 saturated heterocycles. The topological polar surface area (TPSA) is 144 Å². The Morgan fingerprint density at radius 3 is 2.90 bits per heavy atom. The lowest BCUT2D eigenvalue weighted by Gasteiger charge is -2.16. The van der Waals surface area contributed by atoms with Crippen molar-refractivity contribution in [3.63, 3.8) is 0 Å². The summed E-state index contributed by atoms with van der Waals surface area (Å²) in [5, 5.41) is 26.4. The van der Waals surface area contributed by atoms with Gasteiger partial charge < -0.3 is 30.3 Å². The van der Waals surface area contributed by atoms with Crippen LogP contribution in [0.15, 0.2) is 36.9 Å². The summed E-state index contributed by atoms with van der Waals surface area (Å²) in [6.07, 6.45) is -2.13. The third-order valence-corrected chi connectivity index (χ3v) is 5.57. The normalized spacial score (nSPS) is 23.1. The second-order valence-electron chi connectivity index (χ2n) is 6.92. The minimum absolute atomic E-state index is 0.210. The number of halogens is 1. The first-order chi connectivity index (χ1) is 15.0. The number of anilines is 1. The van der Waals surface area contributed by atoms with E-state index in [-0.39, 0.29) is 6.61 Å². The SMILES string of the molecule is CNC(=O)OC[C@H]1O[C@@H](n2cnc3c(NCc4cccc(I)c4)ncnc32)[C@H](O)[C@@H]1O. The summed E-state index contributed by atoms with van der Waals surface area (Å²) >= 11 is 2.26. The number of carbonyl (C=O) groups is 1. The van der Waals surface area contributed by atoms with E-state index < -0.39 is 30.6 Å². The Balaban J connectivity index is 1.52. The van der Waals surface area contributed by atoms with Crippen LogP contribution in [-0.4, -0.2) is 67.8 Å². The van der Waals surface area contributed by atoms with Crippen LogP contribution in [0.3, 0.4) is 0 Å². The number of nitrogens with zero attached hydrogens (tertiary/aromatic N) is 4. The Morgan fingerprint density at radius 1 is 1.29 bits per heavy atom. The van der Waals surface area contributed by atoms with Crippen LogP contribution in [0.1, 0.15) is 11.8 Å². The maximum absolute atomic E-state index is 11.3. The van der Waals surface area contributed by atoms with Crippen LogP contribution >= 0.6 is 22.6 Å². The first kappa shape index (κ1) is 21.7. The number of aliphatic hydroxyl groups excluding tert-OH is 2. The van der Waals surface area contributed by atoms with E-state index in [2.05, 4.69) is 54.2 Å². The number of aromatic nitrogens is 4. The number of imidazole rings is 1. The summed E-state index contributed by atoms with van der Waals surface area (Å²) in [5.74, 6) is 0.537. The minimum Gasteiger partial charge on any atom is -0.447 e. The third-order valence-electron chi connectivity index (χ3n) is 4.90. The van der Waals surface area contributed by atoms with Gasteiger partial charge in [0, 0.05) is 17.2 Å². The molecule has 4 atom stereocenters. The smallest absolute Gasteiger partial charge is 0.406 e. The lowest BCUT2D eigenvalue weighted by molar-refractivity contribution is -0.0531. The summed E-state index contributed by atoms with van der Waals surface area (Å²) in [6, 6.07) is 8.08. The molecule has 1 aliphatic heterocycles. The van der Waals surface area contributed by atoms with Crippen LogP contribution in [-0.2, 0) is 16.0 Å². The summed E-state index contributed by atoms with van der Waals surface area (Å²) < 4.78 is 13.4. The van der Waals surface area contributed by atoms with Crippen molar-refractivity contribution in [1.82, 2.24) is 24.8 Å². The molecule has 0 radical (unpaired) electrons. The number of rotatable bonds is 6. The van der Waals surface area contributed by atoms with Gasteiger partial charge in [-0.2, -0.15) is 0 Å². The Bertz CT molecular complexity index is 1080. The lowest BCUT2D eigenvalue weighted by Crippen LogP contribution is -2.35. The van der Waals surface area contributed by atoms with Gasteiger partial charge >= 0.3 is 6.09 Å². The maximum Gasteiger partial charge on any atom is 0.406 e. The highest BCUT2D eigenvalue weighted by Crippen LogP contribution is 2.32. The third kappa shape index (κ3) is 4.56. The van der Waals surface area contributed by atoms with E-state index in [0.717, 1.165) is 9.13 Å². The van der Waals surface area contributed by atoms with Crippen molar-refractivity contribution < 1.29 is 24.5 Å². The highest BCUT2D eigenvalue weighted by Gasteiger charge is 2.45. The number of aliphatic hydroxyl groups is 2. The Hall–Kier alpha value is -2.55. The largest absolute Gasteiger partial charge is 0.447 e. The molecule has 1 aliphatic rings. The van der Waals surface area contributed by atoms with E-state index in [1.165, 1.54) is 24.3 Å². The van der Waals surface area contributed by atoms with Crippen molar-refractivity contribution in [2.45, 2.75) is 31.1 Å². The molecule has 11 nitrogen and oxygen atoms in total. The molecular formula is C19H21IN6O5. The van der Waals surface area contributed by atoms with Crippen molar-refractivity contribution in [2.75, 3.05) is 19.0 Å². The van der Waals surface area contributed by atoms with Crippen LogP contribution in [0.4, 0.5) is 10.6 Å². The summed E-state index contributed by atoms with van der Waals surface area (Å²) in [5.41, 5.74) is 2.03. The van der Waals surface area contributed by atoms with Crippen LogP contribution in [0.25, 0.3) is 11.2 Å². The van der Waals surface area contributed by atoms with Crippen LogP contribution in [0.5, 0.6) is 0 Å². The van der Waals surface area contributed by atoms with Crippen LogP contribution in [0, 0.1) is 3.57 Å². The first-order valence-electron chi connectivity index (χ1n) is 9.50. The number of ether oxygens (including phenoxy) is 2. The molecule has 164 valence electrons. The average Bonchev–Trinajstić information content (AvgIpc) is 3.32. The van der Waals surface area contributed by atoms with Gasteiger partial charge in [-0.05, 0) is 40.3 Å². The van der Waals surface area contributed by atoms with Crippen LogP contribution < -0.4 is 10.6 Å². The lowest BCUT2D eigenvalue weighted by atomic mass is 10.1. The molecule has 0 bridgehead atoms. The van der Waals surface area contributed by atoms with Gasteiger partial charge in [0.1, 0.15) is 31.2 Å². The van der Waals surface area contributed by atoms with Gasteiger partial charge in [-0.15, -0.1) is 0 Å². The van der Waals surface area contributed by atoms with Gasteiger partial charge in [0.05, 0.1) is 6.33 Å². The Kier molecular flexibility index (Phi) is 6.50. The summed E-state index contributed by atoms with van der Waals surface area (Å²) in [4.78, 5) is 24.2. The zero-order valence-corrected chi connectivity index (χ0v) is 18.6. The number of fused-ring (bicyclic) bond motifs is 1. The van der Waals surface area contributed by atoms with Crippen molar-refractivity contribution >= 4 is 45.7 Å². The zero-order chi connectivity index (χ0) is 22.0. The van der Waals surface area contributed by atoms with Gasteiger partial charge in [0.2, 0.25) is 0 Å². The molecule has 0 unspecified atom stereocenters. The van der Waals surface area contributed by atoms with E-state index in [4.69, 9.17) is 9.47 Å². The number of amides is 1. The molecular weight excluding hydrogens is 519 g/mol. The fourth-order valence-corrected chi connectivity index (χ4v) is 3.93. The van der Waals surface area contributed by atoms with Gasteiger partial charge in [0.15, 0.2) is 23.2 Å². The Morgan fingerprint density at radius 2 is 2.13 bits per heavy atom. The quantitative estimate of drug-likeness (QED) is 0.337. The van der Waals surface area contributed by atoms with Crippen molar-refractivity contribution in [2.24, 2.45) is 0 Å². The summed E-state index contributed by atoms with van der Waals surface area (Å²) in [7, 11) is 1.42. The predicted octanol–water partition coefficient (Wildman–Crippen LogP) is 1.02. The number of nitrogens with one attached hydrogen (secondary N) is 2. The molecule has 1 fully saturated rings. The number of hydrogen-bond acceptors (Lipinski definition) is 9. The molecule has 1 amide bonds. The first-order valence-corrected chi connectivity index (χ1v) is 10.6. The van der Waals surface area contributed by atoms with Gasteiger partial charge in [0.25, 0.3) is 0 Å². The standard InChI is InChI=1S/C19H21IN6O5/c1-21-19(29)30-7-12-14(27)15(28)18(31-12)26-9-25-13-16(23-8-24-17(13)26)22-6-10-3-2-4-11(20)5-10/h2-5,8-9,12,14-15,18,27-28H,6-7H2,1H3,(H,21,29)(H,22,23,24)/t12-,14-,15-,18-/m1/s1. The molecule has 0 saturated carbocycles. The molecule has 1 aromatic carbocycles. The van der Waals surface area contributed by atoms with E-state index in [1.807, 2.05) is 18.2 Å². The maximum atomic E-state index is 11.3. The van der Waals surface area contributed by atoms with E-state index in [9.17, 15) is 15.0 Å². The molecule has 0 spiro atoms. The number of carbonyl (C=O) groups excluding carboxylic acids is 1. The molecule has 3 heterocycles. The average molecular weight is 540 g/mol. The van der Waals surface area contributed by atoms with E-state index in [0.29, 0.717) is 23.5 Å². The second kappa shape index (κ2) is 9.30. The van der Waals surface area contributed by atoms with E-state index in [1.54, 1.807) is 0 Å². The molecule has 4 rings (SSSR count). The fourth-order valence-electron chi connectivity index (χ4n) is 3.33. The fraction of sp³-hybridized carbons (Fsp3) is 0.368. The monoisotopic (exact) mass is 540 g/mol. The number of hydrogen-bond donors (Lipinski definition) is 4. The van der Waals surface area contributed by atoms with Crippen molar-refractivity contribution in [1.29, 1.82) is 0 Å². The van der Waals surface area contributed by atoms with Gasteiger partial charge in [-0.25, -0.2) is 19.7 Å². The Labute approximate surface area is 191 Å². The van der Waals surface area contributed by atoms with E-state index >= 15 is 0 Å².